The fraction of sp³-hybridized carbons (Fsp3) is 0.900. The Morgan fingerprint density at radius 1 is 1.21 bits per heavy atom. The molecule has 0 radical (unpaired) electrons. The standard InChI is InChI=1S/C20H38N4O3.HI/c1-3-21-18(23-15-20(12-13-25)10-6-5-7-11-20)22-14-17(16-8-9-16)24-19(26)27-4-2;/h16-17,25H,3-15H2,1-2H3,(H,24,26)(H2,21,22,23);1H. The summed E-state index contributed by atoms with van der Waals surface area (Å²) in [4.78, 5) is 16.6. The Kier molecular flexibility index (Phi) is 12.1. The number of ether oxygens (including phenoxy) is 1. The van der Waals surface area contributed by atoms with E-state index in [1.165, 1.54) is 19.3 Å². The van der Waals surface area contributed by atoms with Crippen molar-refractivity contribution >= 4 is 36.0 Å². The third-order valence-electron chi connectivity index (χ3n) is 5.73. The number of nitrogens with one attached hydrogen (secondary N) is 3. The normalized spacial score (nSPS) is 19.9. The molecule has 0 aliphatic heterocycles. The van der Waals surface area contributed by atoms with E-state index in [0.29, 0.717) is 19.1 Å². The fourth-order valence-electron chi connectivity index (χ4n) is 3.98. The minimum absolute atomic E-state index is 0. The first kappa shape index (κ1) is 25.3. The van der Waals surface area contributed by atoms with Crippen molar-refractivity contribution < 1.29 is 14.6 Å². The average molecular weight is 510 g/mol. The van der Waals surface area contributed by atoms with E-state index < -0.39 is 0 Å². The van der Waals surface area contributed by atoms with Gasteiger partial charge in [0, 0.05) is 26.2 Å². The number of guanidine groups is 1. The van der Waals surface area contributed by atoms with E-state index in [-0.39, 0.29) is 48.1 Å². The van der Waals surface area contributed by atoms with Crippen molar-refractivity contribution in [2.75, 3.05) is 32.8 Å². The molecular formula is C20H39IN4O3. The maximum atomic E-state index is 11.8. The highest BCUT2D eigenvalue weighted by atomic mass is 127. The molecule has 0 aromatic rings. The van der Waals surface area contributed by atoms with Crippen LogP contribution in [0.3, 0.4) is 0 Å². The van der Waals surface area contributed by atoms with Crippen LogP contribution >= 0.6 is 24.0 Å². The Morgan fingerprint density at radius 2 is 1.93 bits per heavy atom. The van der Waals surface area contributed by atoms with E-state index in [4.69, 9.17) is 9.73 Å². The van der Waals surface area contributed by atoms with Crippen LogP contribution in [0.25, 0.3) is 0 Å². The van der Waals surface area contributed by atoms with Gasteiger partial charge in [0.15, 0.2) is 5.96 Å². The van der Waals surface area contributed by atoms with Gasteiger partial charge in [-0.3, -0.25) is 4.99 Å². The number of hydrogen-bond acceptors (Lipinski definition) is 4. The van der Waals surface area contributed by atoms with E-state index >= 15 is 0 Å². The van der Waals surface area contributed by atoms with Gasteiger partial charge in [0.2, 0.25) is 0 Å². The number of alkyl carbamates (subject to hydrolysis) is 1. The minimum atomic E-state index is -0.345. The predicted molar refractivity (Wildman–Crippen MR) is 123 cm³/mol. The van der Waals surface area contributed by atoms with Gasteiger partial charge in [-0.2, -0.15) is 0 Å². The van der Waals surface area contributed by atoms with Gasteiger partial charge in [-0.05, 0) is 57.3 Å². The van der Waals surface area contributed by atoms with Crippen LogP contribution in [0, 0.1) is 11.3 Å². The van der Waals surface area contributed by atoms with Crippen molar-refractivity contribution in [1.29, 1.82) is 0 Å². The van der Waals surface area contributed by atoms with Gasteiger partial charge in [0.1, 0.15) is 0 Å². The highest BCUT2D eigenvalue weighted by Gasteiger charge is 2.33. The summed E-state index contributed by atoms with van der Waals surface area (Å²) in [6.07, 6.45) is 8.81. The number of rotatable bonds is 10. The second-order valence-electron chi connectivity index (χ2n) is 7.92. The summed E-state index contributed by atoms with van der Waals surface area (Å²) in [5.41, 5.74) is 0.133. The van der Waals surface area contributed by atoms with Crippen molar-refractivity contribution in [3.05, 3.63) is 0 Å². The van der Waals surface area contributed by atoms with E-state index in [1.54, 1.807) is 0 Å². The maximum absolute atomic E-state index is 11.8. The third kappa shape index (κ3) is 8.71. The van der Waals surface area contributed by atoms with Gasteiger partial charge >= 0.3 is 6.09 Å². The molecule has 1 atom stereocenters. The third-order valence-corrected chi connectivity index (χ3v) is 5.73. The van der Waals surface area contributed by atoms with Gasteiger partial charge < -0.3 is 25.8 Å². The number of halogens is 1. The quantitative estimate of drug-likeness (QED) is 0.206. The summed E-state index contributed by atoms with van der Waals surface area (Å²) >= 11 is 0. The molecule has 28 heavy (non-hydrogen) atoms. The van der Waals surface area contributed by atoms with Crippen LogP contribution in [0.2, 0.25) is 0 Å². The summed E-state index contributed by atoms with van der Waals surface area (Å²) < 4.78 is 5.02. The van der Waals surface area contributed by atoms with Crippen molar-refractivity contribution in [2.45, 2.75) is 71.3 Å². The summed E-state index contributed by atoms with van der Waals surface area (Å²) in [5, 5.41) is 19.2. The lowest BCUT2D eigenvalue weighted by Gasteiger charge is -2.35. The summed E-state index contributed by atoms with van der Waals surface area (Å²) in [7, 11) is 0. The number of nitrogens with zero attached hydrogens (tertiary/aromatic N) is 1. The van der Waals surface area contributed by atoms with E-state index in [2.05, 4.69) is 22.9 Å². The summed E-state index contributed by atoms with van der Waals surface area (Å²) in [6, 6.07) is 0.0639. The molecule has 2 fully saturated rings. The Labute approximate surface area is 186 Å². The van der Waals surface area contributed by atoms with Crippen LogP contribution in [0.1, 0.15) is 65.2 Å². The lowest BCUT2D eigenvalue weighted by Crippen LogP contribution is -2.48. The molecule has 0 aromatic heterocycles. The first-order chi connectivity index (χ1) is 13.1. The minimum Gasteiger partial charge on any atom is -0.450 e. The second-order valence-corrected chi connectivity index (χ2v) is 7.92. The van der Waals surface area contributed by atoms with Crippen molar-refractivity contribution in [3.8, 4) is 0 Å². The van der Waals surface area contributed by atoms with Crippen LogP contribution in [-0.2, 0) is 4.74 Å². The zero-order valence-corrected chi connectivity index (χ0v) is 19.8. The van der Waals surface area contributed by atoms with Gasteiger partial charge in [-0.15, -0.1) is 24.0 Å². The van der Waals surface area contributed by atoms with Crippen LogP contribution in [0.15, 0.2) is 4.99 Å². The van der Waals surface area contributed by atoms with Crippen molar-refractivity contribution in [3.63, 3.8) is 0 Å². The lowest BCUT2D eigenvalue weighted by molar-refractivity contribution is 0.137. The van der Waals surface area contributed by atoms with Gasteiger partial charge in [-0.1, -0.05) is 19.3 Å². The number of aliphatic hydroxyl groups excluding tert-OH is 1. The molecule has 2 rings (SSSR count). The van der Waals surface area contributed by atoms with E-state index in [1.807, 2.05) is 6.92 Å². The second kappa shape index (κ2) is 13.5. The van der Waals surface area contributed by atoms with Gasteiger partial charge in [-0.25, -0.2) is 4.79 Å². The molecule has 8 heteroatoms. The first-order valence-electron chi connectivity index (χ1n) is 10.7. The Hall–Kier alpha value is -0.770. The molecule has 0 bridgehead atoms. The number of amides is 1. The van der Waals surface area contributed by atoms with Crippen LogP contribution in [0.4, 0.5) is 4.79 Å². The molecule has 164 valence electrons. The molecule has 0 aromatic carbocycles. The Balaban J connectivity index is 0.00000392. The zero-order chi connectivity index (χ0) is 19.5. The van der Waals surface area contributed by atoms with Crippen molar-refractivity contribution in [2.24, 2.45) is 16.3 Å². The lowest BCUT2D eigenvalue weighted by atomic mass is 9.72. The summed E-state index contributed by atoms with van der Waals surface area (Å²) in [6.45, 7) is 6.65. The number of aliphatic imine (C=N–C) groups is 1. The highest BCUT2D eigenvalue weighted by molar-refractivity contribution is 14.0. The monoisotopic (exact) mass is 510 g/mol. The molecule has 2 aliphatic carbocycles. The molecule has 0 spiro atoms. The molecule has 0 heterocycles. The Morgan fingerprint density at radius 3 is 2.50 bits per heavy atom. The van der Waals surface area contributed by atoms with Gasteiger partial charge in [0.05, 0.1) is 12.6 Å². The van der Waals surface area contributed by atoms with Gasteiger partial charge in [0.25, 0.3) is 0 Å². The van der Waals surface area contributed by atoms with Crippen LogP contribution in [-0.4, -0.2) is 56.0 Å². The maximum Gasteiger partial charge on any atom is 0.407 e. The first-order valence-corrected chi connectivity index (χ1v) is 10.7. The number of aliphatic hydroxyl groups is 1. The molecule has 7 nitrogen and oxygen atoms in total. The van der Waals surface area contributed by atoms with E-state index in [9.17, 15) is 9.90 Å². The van der Waals surface area contributed by atoms with Crippen LogP contribution in [0.5, 0.6) is 0 Å². The molecule has 1 amide bonds. The van der Waals surface area contributed by atoms with Crippen LogP contribution < -0.4 is 16.0 Å². The largest absolute Gasteiger partial charge is 0.450 e. The topological polar surface area (TPSA) is 95.0 Å². The highest BCUT2D eigenvalue weighted by Crippen LogP contribution is 2.39. The molecule has 2 saturated carbocycles. The number of carbonyl (C=O) groups excluding carboxylic acids is 1. The van der Waals surface area contributed by atoms with Crippen molar-refractivity contribution in [1.82, 2.24) is 16.0 Å². The fourth-order valence-corrected chi connectivity index (χ4v) is 3.98. The average Bonchev–Trinajstić information content (AvgIpc) is 3.49. The summed E-state index contributed by atoms with van der Waals surface area (Å²) in [5.74, 6) is 1.31. The Bertz CT molecular complexity index is 475. The van der Waals surface area contributed by atoms with E-state index in [0.717, 1.165) is 51.2 Å². The number of carbonyl (C=O) groups is 1. The molecule has 4 N–H and O–H groups in total. The SMILES string of the molecule is CCNC(=NCC1(CCO)CCCCC1)NCC(NC(=O)OCC)C1CC1.I. The molecule has 2 aliphatic rings. The molecule has 1 unspecified atom stereocenters. The predicted octanol–water partition coefficient (Wildman–Crippen LogP) is 3.02. The number of hydrogen-bond donors (Lipinski definition) is 4. The molecule has 0 saturated heterocycles. The zero-order valence-electron chi connectivity index (χ0n) is 17.5. The molecular weight excluding hydrogens is 471 g/mol. The smallest absolute Gasteiger partial charge is 0.407 e.